The fourth-order valence-corrected chi connectivity index (χ4v) is 2.45. The number of aliphatic carboxylic acids is 1. The van der Waals surface area contributed by atoms with Gasteiger partial charge in [0.25, 0.3) is 0 Å². The molecule has 1 aliphatic carbocycles. The second kappa shape index (κ2) is 5.81. The molecule has 0 saturated heterocycles. The van der Waals surface area contributed by atoms with Gasteiger partial charge in [-0.3, -0.25) is 9.48 Å². The molecular weight excluding hydrogens is 248 g/mol. The molecule has 0 atom stereocenters. The first-order valence-corrected chi connectivity index (χ1v) is 6.49. The van der Waals surface area contributed by atoms with Crippen molar-refractivity contribution < 1.29 is 14.7 Å². The summed E-state index contributed by atoms with van der Waals surface area (Å²) in [7, 11) is 0. The van der Waals surface area contributed by atoms with E-state index in [1.54, 1.807) is 11.0 Å². The molecule has 104 valence electrons. The molecule has 2 rings (SSSR count). The van der Waals surface area contributed by atoms with Gasteiger partial charge in [-0.1, -0.05) is 12.8 Å². The third-order valence-corrected chi connectivity index (χ3v) is 3.50. The molecule has 1 amide bonds. The standard InChI is InChI=1S/C12H18N4O3/c17-10(4-3-7-16-9-13-8-14-16)15-12(11(18)19)5-1-2-6-12/h8-9H,1-7H2,(H,15,17)(H,18,19). The second-order valence-electron chi connectivity index (χ2n) is 4.90. The SMILES string of the molecule is O=C(CCCn1cncn1)NC1(C(=O)O)CCCC1. The second-order valence-corrected chi connectivity index (χ2v) is 4.90. The van der Waals surface area contributed by atoms with Crippen LogP contribution in [0.15, 0.2) is 12.7 Å². The Morgan fingerprint density at radius 1 is 1.37 bits per heavy atom. The predicted molar refractivity (Wildman–Crippen MR) is 66.2 cm³/mol. The minimum Gasteiger partial charge on any atom is -0.480 e. The Kier molecular flexibility index (Phi) is 4.13. The maximum atomic E-state index is 11.8. The van der Waals surface area contributed by atoms with Gasteiger partial charge >= 0.3 is 5.97 Å². The van der Waals surface area contributed by atoms with Gasteiger partial charge in [-0.2, -0.15) is 5.10 Å². The van der Waals surface area contributed by atoms with E-state index in [9.17, 15) is 14.7 Å². The monoisotopic (exact) mass is 266 g/mol. The Balaban J connectivity index is 1.78. The van der Waals surface area contributed by atoms with Crippen LogP contribution in [-0.2, 0) is 16.1 Å². The van der Waals surface area contributed by atoms with E-state index in [4.69, 9.17) is 0 Å². The molecule has 7 nitrogen and oxygen atoms in total. The minimum atomic E-state index is -1.04. The van der Waals surface area contributed by atoms with Gasteiger partial charge < -0.3 is 10.4 Å². The Morgan fingerprint density at radius 2 is 2.11 bits per heavy atom. The first-order valence-electron chi connectivity index (χ1n) is 6.49. The number of rotatable bonds is 6. The predicted octanol–water partition coefficient (Wildman–Crippen LogP) is 0.572. The molecule has 0 spiro atoms. The summed E-state index contributed by atoms with van der Waals surface area (Å²) in [6, 6.07) is 0. The van der Waals surface area contributed by atoms with Crippen LogP contribution in [0.2, 0.25) is 0 Å². The molecule has 1 fully saturated rings. The highest BCUT2D eigenvalue weighted by molar-refractivity contribution is 5.87. The van der Waals surface area contributed by atoms with Crippen LogP contribution >= 0.6 is 0 Å². The van der Waals surface area contributed by atoms with Gasteiger partial charge in [0, 0.05) is 13.0 Å². The minimum absolute atomic E-state index is 0.204. The quantitative estimate of drug-likeness (QED) is 0.784. The van der Waals surface area contributed by atoms with E-state index in [1.807, 2.05) is 0 Å². The summed E-state index contributed by atoms with van der Waals surface area (Å²) in [6.07, 6.45) is 6.71. The summed E-state index contributed by atoms with van der Waals surface area (Å²) in [5, 5.41) is 15.9. The van der Waals surface area contributed by atoms with Gasteiger partial charge in [-0.25, -0.2) is 9.78 Å². The van der Waals surface area contributed by atoms with Crippen molar-refractivity contribution >= 4 is 11.9 Å². The van der Waals surface area contributed by atoms with Crippen LogP contribution in [-0.4, -0.2) is 37.3 Å². The lowest BCUT2D eigenvalue weighted by Gasteiger charge is -2.25. The summed E-state index contributed by atoms with van der Waals surface area (Å²) in [6.45, 7) is 0.605. The van der Waals surface area contributed by atoms with Crippen LogP contribution in [0.5, 0.6) is 0 Å². The summed E-state index contributed by atoms with van der Waals surface area (Å²) in [4.78, 5) is 26.9. The van der Waals surface area contributed by atoms with Gasteiger partial charge in [0.15, 0.2) is 0 Å². The molecule has 0 bridgehead atoms. The van der Waals surface area contributed by atoms with Gasteiger partial charge in [-0.15, -0.1) is 0 Å². The van der Waals surface area contributed by atoms with Crippen molar-refractivity contribution in [2.45, 2.75) is 50.6 Å². The molecule has 1 heterocycles. The average Bonchev–Trinajstić information content (AvgIpc) is 3.00. The normalized spacial score (nSPS) is 17.3. The topological polar surface area (TPSA) is 97.1 Å². The fourth-order valence-electron chi connectivity index (χ4n) is 2.45. The van der Waals surface area contributed by atoms with E-state index in [2.05, 4.69) is 15.4 Å². The number of hydrogen-bond acceptors (Lipinski definition) is 4. The molecular formula is C12H18N4O3. The van der Waals surface area contributed by atoms with Crippen LogP contribution in [0, 0.1) is 0 Å². The lowest BCUT2D eigenvalue weighted by molar-refractivity contribution is -0.147. The molecule has 0 aliphatic heterocycles. The number of amides is 1. The zero-order chi connectivity index (χ0) is 13.7. The van der Waals surface area contributed by atoms with Crippen molar-refractivity contribution in [2.75, 3.05) is 0 Å². The summed E-state index contributed by atoms with van der Waals surface area (Å²) < 4.78 is 1.65. The first kappa shape index (κ1) is 13.5. The molecule has 7 heteroatoms. The van der Waals surface area contributed by atoms with Crippen molar-refractivity contribution in [3.8, 4) is 0 Å². The van der Waals surface area contributed by atoms with Crippen LogP contribution in [0.4, 0.5) is 0 Å². The zero-order valence-corrected chi connectivity index (χ0v) is 10.7. The molecule has 19 heavy (non-hydrogen) atoms. The van der Waals surface area contributed by atoms with Crippen LogP contribution in [0.3, 0.4) is 0 Å². The summed E-state index contributed by atoms with van der Waals surface area (Å²) in [5.41, 5.74) is -1.04. The smallest absolute Gasteiger partial charge is 0.329 e. The molecule has 1 saturated carbocycles. The van der Waals surface area contributed by atoms with Crippen LogP contribution < -0.4 is 5.32 Å². The Labute approximate surface area is 111 Å². The zero-order valence-electron chi connectivity index (χ0n) is 10.7. The maximum absolute atomic E-state index is 11.8. The fraction of sp³-hybridized carbons (Fsp3) is 0.667. The highest BCUT2D eigenvalue weighted by Gasteiger charge is 2.42. The molecule has 0 unspecified atom stereocenters. The largest absolute Gasteiger partial charge is 0.480 e. The van der Waals surface area contributed by atoms with Gasteiger partial charge in [0.05, 0.1) is 0 Å². The Morgan fingerprint density at radius 3 is 2.68 bits per heavy atom. The van der Waals surface area contributed by atoms with Crippen molar-refractivity contribution in [3.05, 3.63) is 12.7 Å². The van der Waals surface area contributed by atoms with Gasteiger partial charge in [0.2, 0.25) is 5.91 Å². The molecule has 2 N–H and O–H groups in total. The van der Waals surface area contributed by atoms with Crippen molar-refractivity contribution in [2.24, 2.45) is 0 Å². The van der Waals surface area contributed by atoms with E-state index in [-0.39, 0.29) is 5.91 Å². The molecule has 0 aromatic carbocycles. The van der Waals surface area contributed by atoms with Crippen LogP contribution in [0.25, 0.3) is 0 Å². The summed E-state index contributed by atoms with van der Waals surface area (Å²) in [5.74, 6) is -1.13. The van der Waals surface area contributed by atoms with E-state index >= 15 is 0 Å². The number of carbonyl (C=O) groups excluding carboxylic acids is 1. The molecule has 1 aromatic heterocycles. The van der Waals surface area contributed by atoms with Crippen LogP contribution in [0.1, 0.15) is 38.5 Å². The number of aryl methyl sites for hydroxylation is 1. The van der Waals surface area contributed by atoms with E-state index < -0.39 is 11.5 Å². The van der Waals surface area contributed by atoms with Gasteiger partial charge in [-0.05, 0) is 19.3 Å². The molecule has 0 radical (unpaired) electrons. The van der Waals surface area contributed by atoms with E-state index in [1.165, 1.54) is 6.33 Å². The highest BCUT2D eigenvalue weighted by atomic mass is 16.4. The molecule has 1 aromatic rings. The highest BCUT2D eigenvalue weighted by Crippen LogP contribution is 2.30. The number of nitrogens with one attached hydrogen (secondary N) is 1. The first-order chi connectivity index (χ1) is 9.12. The van der Waals surface area contributed by atoms with E-state index in [0.717, 1.165) is 12.8 Å². The van der Waals surface area contributed by atoms with Crippen molar-refractivity contribution in [3.63, 3.8) is 0 Å². The lowest BCUT2D eigenvalue weighted by atomic mass is 9.97. The number of hydrogen-bond donors (Lipinski definition) is 2. The van der Waals surface area contributed by atoms with Gasteiger partial charge in [0.1, 0.15) is 18.2 Å². The van der Waals surface area contributed by atoms with E-state index in [0.29, 0.717) is 32.2 Å². The number of aromatic nitrogens is 3. The van der Waals surface area contributed by atoms with Crippen molar-refractivity contribution in [1.82, 2.24) is 20.1 Å². The third kappa shape index (κ3) is 3.30. The lowest BCUT2D eigenvalue weighted by Crippen LogP contribution is -2.52. The maximum Gasteiger partial charge on any atom is 0.329 e. The summed E-state index contributed by atoms with van der Waals surface area (Å²) >= 11 is 0. The third-order valence-electron chi connectivity index (χ3n) is 3.50. The number of nitrogens with zero attached hydrogens (tertiary/aromatic N) is 3. The number of carboxylic acid groups (broad SMARTS) is 1. The molecule has 1 aliphatic rings. The Bertz CT molecular complexity index is 438. The van der Waals surface area contributed by atoms with Crippen molar-refractivity contribution in [1.29, 1.82) is 0 Å². The average molecular weight is 266 g/mol. The number of carbonyl (C=O) groups is 2. The Hall–Kier alpha value is -1.92. The number of carboxylic acids is 1.